The van der Waals surface area contributed by atoms with E-state index >= 15 is 0 Å². The molecule has 1 N–H and O–H groups in total. The van der Waals surface area contributed by atoms with E-state index in [0.717, 1.165) is 31.2 Å². The molecule has 3 nitrogen and oxygen atoms in total. The third-order valence-electron chi connectivity index (χ3n) is 2.93. The molecule has 1 rings (SSSR count). The lowest BCUT2D eigenvalue weighted by atomic mass is 10.2. The molecule has 0 aliphatic rings. The van der Waals surface area contributed by atoms with E-state index in [1.165, 1.54) is 5.56 Å². The van der Waals surface area contributed by atoms with Crippen molar-refractivity contribution in [2.75, 3.05) is 13.6 Å². The molecule has 0 unspecified atom stereocenters. The molecule has 1 heterocycles. The minimum atomic E-state index is 0.558. The summed E-state index contributed by atoms with van der Waals surface area (Å²) >= 11 is 0. The molecule has 0 amide bonds. The molecule has 0 spiro atoms. The maximum atomic E-state index is 5.77. The Kier molecular flexibility index (Phi) is 5.03. The van der Waals surface area contributed by atoms with Gasteiger partial charge in [0, 0.05) is 18.2 Å². The van der Waals surface area contributed by atoms with Crippen molar-refractivity contribution in [2.45, 2.75) is 46.8 Å². The lowest BCUT2D eigenvalue weighted by Gasteiger charge is -2.23. The maximum Gasteiger partial charge on any atom is 0.118 e. The Morgan fingerprint density at radius 1 is 1.44 bits per heavy atom. The summed E-state index contributed by atoms with van der Waals surface area (Å²) in [5.41, 5.74) is 1.26. The van der Waals surface area contributed by atoms with Crippen LogP contribution in [0.4, 0.5) is 0 Å². The smallest absolute Gasteiger partial charge is 0.118 e. The highest BCUT2D eigenvalue weighted by Crippen LogP contribution is 2.17. The molecule has 3 heteroatoms. The minimum Gasteiger partial charge on any atom is -0.465 e. The van der Waals surface area contributed by atoms with Gasteiger partial charge in [-0.15, -0.1) is 0 Å². The highest BCUT2D eigenvalue weighted by Gasteiger charge is 2.12. The number of aryl methyl sites for hydroxylation is 1. The highest BCUT2D eigenvalue weighted by atomic mass is 16.3. The molecule has 0 saturated carbocycles. The van der Waals surface area contributed by atoms with Crippen LogP contribution < -0.4 is 5.32 Å². The van der Waals surface area contributed by atoms with Crippen molar-refractivity contribution in [3.63, 3.8) is 0 Å². The van der Waals surface area contributed by atoms with Crippen LogP contribution in [0.1, 0.15) is 37.9 Å². The molecule has 0 bridgehead atoms. The van der Waals surface area contributed by atoms with Gasteiger partial charge in [-0.2, -0.15) is 0 Å². The molecular weight excluding hydrogens is 200 g/mol. The van der Waals surface area contributed by atoms with E-state index in [0.29, 0.717) is 6.04 Å². The van der Waals surface area contributed by atoms with Crippen molar-refractivity contribution in [2.24, 2.45) is 0 Å². The minimum absolute atomic E-state index is 0.558. The molecule has 0 fully saturated rings. The first kappa shape index (κ1) is 13.3. The fraction of sp³-hybridized carbons (Fsp3) is 0.692. The third-order valence-corrected chi connectivity index (χ3v) is 2.93. The summed E-state index contributed by atoms with van der Waals surface area (Å²) in [6.07, 6.45) is 0. The largest absolute Gasteiger partial charge is 0.465 e. The molecule has 0 aliphatic heterocycles. The number of nitrogens with zero attached hydrogens (tertiary/aromatic N) is 1. The van der Waals surface area contributed by atoms with Crippen LogP contribution in [0.2, 0.25) is 0 Å². The van der Waals surface area contributed by atoms with Gasteiger partial charge in [0.1, 0.15) is 11.5 Å². The van der Waals surface area contributed by atoms with E-state index in [-0.39, 0.29) is 0 Å². The van der Waals surface area contributed by atoms with Crippen molar-refractivity contribution >= 4 is 0 Å². The highest BCUT2D eigenvalue weighted by molar-refractivity contribution is 5.20. The van der Waals surface area contributed by atoms with Gasteiger partial charge >= 0.3 is 0 Å². The van der Waals surface area contributed by atoms with Gasteiger partial charge in [-0.1, -0.05) is 6.92 Å². The van der Waals surface area contributed by atoms with Crippen molar-refractivity contribution < 1.29 is 4.42 Å². The van der Waals surface area contributed by atoms with Gasteiger partial charge in [0.05, 0.1) is 6.54 Å². The number of furan rings is 1. The molecule has 1 aromatic heterocycles. The number of hydrogen-bond donors (Lipinski definition) is 1. The molecule has 92 valence electrons. The SMILES string of the molecule is CCN(Cc1cc(CNC)c(C)o1)C(C)C. The maximum absolute atomic E-state index is 5.77. The molecule has 0 aromatic carbocycles. The topological polar surface area (TPSA) is 28.4 Å². The molecule has 0 atom stereocenters. The first-order valence-electron chi connectivity index (χ1n) is 6.05. The second-order valence-corrected chi connectivity index (χ2v) is 4.48. The van der Waals surface area contributed by atoms with Crippen LogP contribution in [-0.4, -0.2) is 24.5 Å². The summed E-state index contributed by atoms with van der Waals surface area (Å²) < 4.78 is 5.77. The first-order valence-corrected chi connectivity index (χ1v) is 6.05. The standard InChI is InChI=1S/C13H24N2O/c1-6-15(10(2)3)9-13-7-12(8-14-5)11(4)16-13/h7,10,14H,6,8-9H2,1-5H3. The monoisotopic (exact) mass is 224 g/mol. The normalized spacial score (nSPS) is 11.7. The van der Waals surface area contributed by atoms with E-state index in [1.54, 1.807) is 0 Å². The van der Waals surface area contributed by atoms with Crippen LogP contribution in [0.15, 0.2) is 10.5 Å². The van der Waals surface area contributed by atoms with Gasteiger partial charge in [0.15, 0.2) is 0 Å². The van der Waals surface area contributed by atoms with Crippen LogP contribution in [0.25, 0.3) is 0 Å². The Morgan fingerprint density at radius 3 is 2.62 bits per heavy atom. The zero-order valence-corrected chi connectivity index (χ0v) is 11.1. The Balaban J connectivity index is 2.69. The predicted molar refractivity (Wildman–Crippen MR) is 67.4 cm³/mol. The molecule has 0 radical (unpaired) electrons. The number of hydrogen-bond acceptors (Lipinski definition) is 3. The fourth-order valence-electron chi connectivity index (χ4n) is 1.89. The predicted octanol–water partition coefficient (Wildman–Crippen LogP) is 2.54. The van der Waals surface area contributed by atoms with Crippen molar-refractivity contribution in [3.8, 4) is 0 Å². The molecule has 0 saturated heterocycles. The average molecular weight is 224 g/mol. The van der Waals surface area contributed by atoms with Gasteiger partial charge in [-0.3, -0.25) is 4.90 Å². The number of rotatable bonds is 6. The zero-order valence-electron chi connectivity index (χ0n) is 11.1. The Bertz CT molecular complexity index is 318. The summed E-state index contributed by atoms with van der Waals surface area (Å²) in [7, 11) is 1.96. The summed E-state index contributed by atoms with van der Waals surface area (Å²) in [6.45, 7) is 11.5. The second kappa shape index (κ2) is 6.06. The average Bonchev–Trinajstić information content (AvgIpc) is 2.56. The van der Waals surface area contributed by atoms with E-state index in [4.69, 9.17) is 4.42 Å². The molecule has 16 heavy (non-hydrogen) atoms. The first-order chi connectivity index (χ1) is 7.58. The van der Waals surface area contributed by atoms with E-state index < -0.39 is 0 Å². The zero-order chi connectivity index (χ0) is 12.1. The van der Waals surface area contributed by atoms with Crippen molar-refractivity contribution in [1.29, 1.82) is 0 Å². The molecular formula is C13H24N2O. The summed E-state index contributed by atoms with van der Waals surface area (Å²) in [6, 6.07) is 2.72. The summed E-state index contributed by atoms with van der Waals surface area (Å²) in [5.74, 6) is 2.10. The van der Waals surface area contributed by atoms with Crippen molar-refractivity contribution in [1.82, 2.24) is 10.2 Å². The van der Waals surface area contributed by atoms with Gasteiger partial charge in [0.25, 0.3) is 0 Å². The van der Waals surface area contributed by atoms with Crippen LogP contribution in [0, 0.1) is 6.92 Å². The lowest BCUT2D eigenvalue weighted by Crippen LogP contribution is -2.29. The van der Waals surface area contributed by atoms with Gasteiger partial charge in [-0.25, -0.2) is 0 Å². The van der Waals surface area contributed by atoms with E-state index in [2.05, 4.69) is 37.1 Å². The quantitative estimate of drug-likeness (QED) is 0.805. The fourth-order valence-corrected chi connectivity index (χ4v) is 1.89. The van der Waals surface area contributed by atoms with Gasteiger partial charge in [0.2, 0.25) is 0 Å². The Labute approximate surface area is 98.8 Å². The molecule has 1 aromatic rings. The van der Waals surface area contributed by atoms with Crippen LogP contribution in [0.5, 0.6) is 0 Å². The van der Waals surface area contributed by atoms with Gasteiger partial charge in [-0.05, 0) is 40.4 Å². The Hall–Kier alpha value is -0.800. The van der Waals surface area contributed by atoms with E-state index in [9.17, 15) is 0 Å². The third kappa shape index (κ3) is 3.35. The summed E-state index contributed by atoms with van der Waals surface area (Å²) in [5, 5.41) is 3.15. The Morgan fingerprint density at radius 2 is 2.12 bits per heavy atom. The van der Waals surface area contributed by atoms with Gasteiger partial charge < -0.3 is 9.73 Å². The van der Waals surface area contributed by atoms with E-state index in [1.807, 2.05) is 14.0 Å². The second-order valence-electron chi connectivity index (χ2n) is 4.48. The molecule has 0 aliphatic carbocycles. The van der Waals surface area contributed by atoms with Crippen LogP contribution in [-0.2, 0) is 13.1 Å². The summed E-state index contributed by atoms with van der Waals surface area (Å²) in [4.78, 5) is 2.39. The van der Waals surface area contributed by atoms with Crippen molar-refractivity contribution in [3.05, 3.63) is 23.2 Å². The lowest BCUT2D eigenvalue weighted by molar-refractivity contribution is 0.206. The van der Waals surface area contributed by atoms with Crippen LogP contribution in [0.3, 0.4) is 0 Å². The number of nitrogens with one attached hydrogen (secondary N) is 1. The van der Waals surface area contributed by atoms with Crippen LogP contribution >= 0.6 is 0 Å².